The van der Waals surface area contributed by atoms with Crippen molar-refractivity contribution in [2.75, 3.05) is 6.54 Å². The van der Waals surface area contributed by atoms with Crippen molar-refractivity contribution < 1.29 is 13.6 Å². The first-order valence-electron chi connectivity index (χ1n) is 6.36. The van der Waals surface area contributed by atoms with Crippen LogP contribution in [0.1, 0.15) is 21.6 Å². The molecule has 1 amide bonds. The van der Waals surface area contributed by atoms with Gasteiger partial charge in [0.1, 0.15) is 17.3 Å². The average Bonchev–Trinajstić information content (AvgIpc) is 2.51. The number of aromatic nitrogens is 2. The fraction of sp³-hybridized carbons (Fsp3) is 0.214. The molecule has 108 valence electrons. The SMILES string of the molecule is O=C(c1c[nH]c(=O)cn1)N1CCc2c(F)ccc(F)c2C1. The summed E-state index contributed by atoms with van der Waals surface area (Å²) in [5, 5.41) is 0. The van der Waals surface area contributed by atoms with Gasteiger partial charge in [-0.05, 0) is 24.1 Å². The highest BCUT2D eigenvalue weighted by Crippen LogP contribution is 2.25. The van der Waals surface area contributed by atoms with Crippen molar-refractivity contribution >= 4 is 5.91 Å². The van der Waals surface area contributed by atoms with E-state index in [0.29, 0.717) is 5.56 Å². The zero-order valence-corrected chi connectivity index (χ0v) is 10.9. The lowest BCUT2D eigenvalue weighted by molar-refractivity contribution is 0.0724. The van der Waals surface area contributed by atoms with Crippen LogP contribution in [0.15, 0.2) is 29.3 Å². The molecule has 5 nitrogen and oxygen atoms in total. The molecule has 1 aliphatic rings. The molecule has 1 aliphatic heterocycles. The number of nitrogens with zero attached hydrogens (tertiary/aromatic N) is 2. The average molecular weight is 291 g/mol. The smallest absolute Gasteiger partial charge is 0.274 e. The second kappa shape index (κ2) is 5.08. The van der Waals surface area contributed by atoms with Gasteiger partial charge in [0.05, 0.1) is 6.20 Å². The van der Waals surface area contributed by atoms with E-state index in [2.05, 4.69) is 9.97 Å². The van der Waals surface area contributed by atoms with Crippen molar-refractivity contribution in [1.82, 2.24) is 14.9 Å². The number of rotatable bonds is 1. The first-order chi connectivity index (χ1) is 10.1. The summed E-state index contributed by atoms with van der Waals surface area (Å²) in [5.41, 5.74) is 0.158. The molecule has 0 saturated carbocycles. The zero-order chi connectivity index (χ0) is 15.0. The van der Waals surface area contributed by atoms with Crippen molar-refractivity contribution in [3.05, 3.63) is 63.3 Å². The van der Waals surface area contributed by atoms with E-state index < -0.39 is 23.1 Å². The molecule has 1 aromatic carbocycles. The highest BCUT2D eigenvalue weighted by molar-refractivity contribution is 5.92. The van der Waals surface area contributed by atoms with Gasteiger partial charge in [-0.2, -0.15) is 0 Å². The molecular weight excluding hydrogens is 280 g/mol. The number of H-pyrrole nitrogens is 1. The molecule has 2 heterocycles. The molecule has 0 bridgehead atoms. The van der Waals surface area contributed by atoms with Gasteiger partial charge in [-0.25, -0.2) is 13.8 Å². The number of nitrogens with one attached hydrogen (secondary N) is 1. The Hall–Kier alpha value is -2.57. The van der Waals surface area contributed by atoms with Gasteiger partial charge in [-0.1, -0.05) is 0 Å². The number of aromatic amines is 1. The lowest BCUT2D eigenvalue weighted by Crippen LogP contribution is -2.37. The van der Waals surface area contributed by atoms with Gasteiger partial charge in [0, 0.05) is 24.8 Å². The maximum absolute atomic E-state index is 13.8. The summed E-state index contributed by atoms with van der Waals surface area (Å²) in [5.74, 6) is -1.42. The summed E-state index contributed by atoms with van der Waals surface area (Å²) in [6.07, 6.45) is 2.46. The van der Waals surface area contributed by atoms with Crippen LogP contribution >= 0.6 is 0 Å². The van der Waals surface area contributed by atoms with Gasteiger partial charge >= 0.3 is 0 Å². The predicted molar refractivity (Wildman–Crippen MR) is 69.7 cm³/mol. The maximum atomic E-state index is 13.8. The number of fused-ring (bicyclic) bond motifs is 1. The quantitative estimate of drug-likeness (QED) is 0.860. The van der Waals surface area contributed by atoms with Crippen LogP contribution in [0.3, 0.4) is 0 Å². The van der Waals surface area contributed by atoms with Crippen LogP contribution in [0.2, 0.25) is 0 Å². The molecule has 0 saturated heterocycles. The van der Waals surface area contributed by atoms with Gasteiger partial charge < -0.3 is 9.88 Å². The molecule has 3 rings (SSSR count). The minimum atomic E-state index is -0.529. The predicted octanol–water partition coefficient (Wildman–Crippen LogP) is 1.25. The van der Waals surface area contributed by atoms with Gasteiger partial charge in [-0.3, -0.25) is 9.59 Å². The van der Waals surface area contributed by atoms with Crippen LogP contribution in [0, 0.1) is 11.6 Å². The van der Waals surface area contributed by atoms with Crippen molar-refractivity contribution in [2.45, 2.75) is 13.0 Å². The van der Waals surface area contributed by atoms with Crippen LogP contribution in [-0.4, -0.2) is 27.3 Å². The molecular formula is C14H11F2N3O2. The highest BCUT2D eigenvalue weighted by atomic mass is 19.1. The fourth-order valence-corrected chi connectivity index (χ4v) is 2.39. The third kappa shape index (κ3) is 2.42. The Balaban J connectivity index is 1.89. The van der Waals surface area contributed by atoms with Gasteiger partial charge in [0.2, 0.25) is 0 Å². The number of benzene rings is 1. The summed E-state index contributed by atoms with van der Waals surface area (Å²) >= 11 is 0. The molecule has 7 heteroatoms. The molecule has 0 unspecified atom stereocenters. The zero-order valence-electron chi connectivity index (χ0n) is 10.9. The van der Waals surface area contributed by atoms with Crippen LogP contribution in [0.4, 0.5) is 8.78 Å². The van der Waals surface area contributed by atoms with Crippen LogP contribution in [-0.2, 0) is 13.0 Å². The Kier molecular flexibility index (Phi) is 3.25. The van der Waals surface area contributed by atoms with Gasteiger partial charge in [-0.15, -0.1) is 0 Å². The molecule has 21 heavy (non-hydrogen) atoms. The first-order valence-corrected chi connectivity index (χ1v) is 6.36. The molecule has 0 spiro atoms. The monoisotopic (exact) mass is 291 g/mol. The van der Waals surface area contributed by atoms with Crippen LogP contribution in [0.5, 0.6) is 0 Å². The van der Waals surface area contributed by atoms with Crippen molar-refractivity contribution in [2.24, 2.45) is 0 Å². The number of carbonyl (C=O) groups excluding carboxylic acids is 1. The Bertz CT molecular complexity index is 753. The summed E-state index contributed by atoms with van der Waals surface area (Å²) in [6, 6.07) is 2.15. The fourth-order valence-electron chi connectivity index (χ4n) is 2.39. The maximum Gasteiger partial charge on any atom is 0.274 e. The Morgan fingerprint density at radius 1 is 1.24 bits per heavy atom. The van der Waals surface area contributed by atoms with Crippen LogP contribution < -0.4 is 5.56 Å². The van der Waals surface area contributed by atoms with Crippen molar-refractivity contribution in [3.63, 3.8) is 0 Å². The number of amides is 1. The minimum absolute atomic E-state index is 0.0153. The van der Waals surface area contributed by atoms with Crippen molar-refractivity contribution in [3.8, 4) is 0 Å². The number of halogens is 2. The second-order valence-corrected chi connectivity index (χ2v) is 4.76. The van der Waals surface area contributed by atoms with E-state index in [-0.39, 0.29) is 30.8 Å². The van der Waals surface area contributed by atoms with E-state index in [1.54, 1.807) is 0 Å². The minimum Gasteiger partial charge on any atom is -0.332 e. The standard InChI is InChI=1S/C14H11F2N3O2/c15-10-1-2-11(16)9-7-19(4-3-8(9)10)14(21)12-5-18-13(20)6-17-12/h1-2,5-6H,3-4,7H2,(H,18,20). The molecule has 0 aliphatic carbocycles. The number of hydrogen-bond acceptors (Lipinski definition) is 3. The van der Waals surface area contributed by atoms with Gasteiger partial charge in [0.15, 0.2) is 0 Å². The second-order valence-electron chi connectivity index (χ2n) is 4.76. The number of hydrogen-bond donors (Lipinski definition) is 1. The van der Waals surface area contributed by atoms with E-state index in [0.717, 1.165) is 18.3 Å². The lowest BCUT2D eigenvalue weighted by atomic mass is 9.98. The third-order valence-corrected chi connectivity index (χ3v) is 3.48. The Morgan fingerprint density at radius 2 is 1.95 bits per heavy atom. The largest absolute Gasteiger partial charge is 0.332 e. The van der Waals surface area contributed by atoms with E-state index >= 15 is 0 Å². The molecule has 0 atom stereocenters. The summed E-state index contributed by atoms with van der Waals surface area (Å²) in [7, 11) is 0. The summed E-state index contributed by atoms with van der Waals surface area (Å²) in [6.45, 7) is 0.256. The van der Waals surface area contributed by atoms with E-state index in [9.17, 15) is 18.4 Å². The Morgan fingerprint density at radius 3 is 2.62 bits per heavy atom. The molecule has 0 fully saturated rings. The third-order valence-electron chi connectivity index (χ3n) is 3.48. The Labute approximate surface area is 118 Å². The van der Waals surface area contributed by atoms with Crippen LogP contribution in [0.25, 0.3) is 0 Å². The molecule has 1 aromatic heterocycles. The summed E-state index contributed by atoms with van der Waals surface area (Å²) in [4.78, 5) is 30.7. The summed E-state index contributed by atoms with van der Waals surface area (Å²) < 4.78 is 27.4. The van der Waals surface area contributed by atoms with E-state index in [4.69, 9.17) is 0 Å². The molecule has 0 radical (unpaired) electrons. The normalized spacial score (nSPS) is 13.9. The molecule has 2 aromatic rings. The van der Waals surface area contributed by atoms with E-state index in [1.807, 2.05) is 0 Å². The number of carbonyl (C=O) groups is 1. The lowest BCUT2D eigenvalue weighted by Gasteiger charge is -2.29. The van der Waals surface area contributed by atoms with Gasteiger partial charge in [0.25, 0.3) is 11.5 Å². The van der Waals surface area contributed by atoms with Crippen molar-refractivity contribution in [1.29, 1.82) is 0 Å². The highest BCUT2D eigenvalue weighted by Gasteiger charge is 2.26. The topological polar surface area (TPSA) is 66.1 Å². The first kappa shape index (κ1) is 13.4. The molecule has 1 N–H and O–H groups in total. The van der Waals surface area contributed by atoms with E-state index in [1.165, 1.54) is 11.1 Å².